The van der Waals surface area contributed by atoms with E-state index in [1.807, 2.05) is 25.1 Å². The summed E-state index contributed by atoms with van der Waals surface area (Å²) in [6, 6.07) is 11.2. The number of anilines is 1. The number of nitrogens with zero attached hydrogens (tertiary/aromatic N) is 1. The molecule has 1 saturated heterocycles. The van der Waals surface area contributed by atoms with E-state index in [1.54, 1.807) is 12.1 Å². The number of rotatable bonds is 3. The number of hydrogen-bond donors (Lipinski definition) is 3. The van der Waals surface area contributed by atoms with Crippen LogP contribution < -0.4 is 10.6 Å². The predicted molar refractivity (Wildman–Crippen MR) is 97.3 cm³/mol. The molecule has 0 unspecified atom stereocenters. The molecule has 6 nitrogen and oxygen atoms in total. The van der Waals surface area contributed by atoms with Gasteiger partial charge in [0.1, 0.15) is 17.7 Å². The van der Waals surface area contributed by atoms with Gasteiger partial charge in [-0.15, -0.1) is 0 Å². The lowest BCUT2D eigenvalue weighted by Crippen LogP contribution is -2.53. The smallest absolute Gasteiger partial charge is 0.244 e. The zero-order chi connectivity index (χ0) is 18.1. The average Bonchev–Trinajstić information content (AvgIpc) is 3.06. The quantitative estimate of drug-likeness (QED) is 0.676. The number of amides is 1. The van der Waals surface area contributed by atoms with Crippen molar-refractivity contribution in [1.82, 2.24) is 15.3 Å². The molecular weight excluding hydrogens is 335 g/mol. The summed E-state index contributed by atoms with van der Waals surface area (Å²) in [5.41, 5.74) is 3.04. The molecule has 0 radical (unpaired) electrons. The molecule has 1 amide bonds. The Morgan fingerprint density at radius 2 is 2.08 bits per heavy atom. The highest BCUT2D eigenvalue weighted by Gasteiger charge is 2.28. The maximum Gasteiger partial charge on any atom is 0.244 e. The highest BCUT2D eigenvalue weighted by Crippen LogP contribution is 2.23. The summed E-state index contributed by atoms with van der Waals surface area (Å²) in [5, 5.41) is 6.08. The van der Waals surface area contributed by atoms with Crippen molar-refractivity contribution in [3.05, 3.63) is 48.3 Å². The molecule has 0 bridgehead atoms. The fraction of sp³-hybridized carbons (Fsp3) is 0.263. The molecular formula is C19H19FN4O2. The van der Waals surface area contributed by atoms with Gasteiger partial charge in [0.2, 0.25) is 5.91 Å². The SMILES string of the molecule is C[C@H]1OCCN[C@@H]1C(=O)Nc1ccc2nc(-c3ccc(F)cc3)[nH]c2c1. The number of carbonyl (C=O) groups excluding carboxylic acids is 1. The fourth-order valence-electron chi connectivity index (χ4n) is 3.08. The van der Waals surface area contributed by atoms with Gasteiger partial charge in [-0.2, -0.15) is 0 Å². The summed E-state index contributed by atoms with van der Waals surface area (Å²) in [5.74, 6) is 0.235. The van der Waals surface area contributed by atoms with Crippen LogP contribution in [0, 0.1) is 5.82 Å². The number of morpholine rings is 1. The van der Waals surface area contributed by atoms with Crippen molar-refractivity contribution in [2.75, 3.05) is 18.5 Å². The second kappa shape index (κ2) is 6.86. The van der Waals surface area contributed by atoms with E-state index < -0.39 is 0 Å². The monoisotopic (exact) mass is 354 g/mol. The molecule has 2 heterocycles. The van der Waals surface area contributed by atoms with Crippen LogP contribution in [0.2, 0.25) is 0 Å². The third-order valence-corrected chi connectivity index (χ3v) is 4.47. The summed E-state index contributed by atoms with van der Waals surface area (Å²) < 4.78 is 18.6. The number of ether oxygens (including phenoxy) is 1. The number of nitrogens with one attached hydrogen (secondary N) is 3. The largest absolute Gasteiger partial charge is 0.375 e. The Kier molecular flexibility index (Phi) is 4.40. The minimum atomic E-state index is -0.379. The molecule has 26 heavy (non-hydrogen) atoms. The number of imidazole rings is 1. The molecule has 3 N–H and O–H groups in total. The van der Waals surface area contributed by atoms with Gasteiger partial charge in [-0.05, 0) is 49.4 Å². The number of hydrogen-bond acceptors (Lipinski definition) is 4. The van der Waals surface area contributed by atoms with E-state index >= 15 is 0 Å². The van der Waals surface area contributed by atoms with Gasteiger partial charge >= 0.3 is 0 Å². The van der Waals surface area contributed by atoms with Crippen LogP contribution in [0.5, 0.6) is 0 Å². The highest BCUT2D eigenvalue weighted by molar-refractivity contribution is 5.97. The van der Waals surface area contributed by atoms with Crippen molar-refractivity contribution in [2.24, 2.45) is 0 Å². The number of H-pyrrole nitrogens is 1. The molecule has 1 aliphatic rings. The van der Waals surface area contributed by atoms with Gasteiger partial charge in [0, 0.05) is 17.8 Å². The van der Waals surface area contributed by atoms with E-state index in [4.69, 9.17) is 4.74 Å². The van der Waals surface area contributed by atoms with E-state index in [2.05, 4.69) is 20.6 Å². The maximum atomic E-state index is 13.1. The van der Waals surface area contributed by atoms with Gasteiger partial charge in [-0.3, -0.25) is 4.79 Å². The Bertz CT molecular complexity index is 938. The third-order valence-electron chi connectivity index (χ3n) is 4.47. The van der Waals surface area contributed by atoms with Gasteiger partial charge in [0.05, 0.1) is 23.7 Å². The Morgan fingerprint density at radius 3 is 2.85 bits per heavy atom. The van der Waals surface area contributed by atoms with E-state index in [9.17, 15) is 9.18 Å². The summed E-state index contributed by atoms with van der Waals surface area (Å²) in [6.07, 6.45) is -0.176. The average molecular weight is 354 g/mol. The number of fused-ring (bicyclic) bond motifs is 1. The lowest BCUT2D eigenvalue weighted by atomic mass is 10.1. The Hall–Kier alpha value is -2.77. The van der Waals surface area contributed by atoms with Crippen LogP contribution in [-0.4, -0.2) is 41.2 Å². The lowest BCUT2D eigenvalue weighted by molar-refractivity contribution is -0.123. The number of aromatic nitrogens is 2. The van der Waals surface area contributed by atoms with Gasteiger partial charge in [0.25, 0.3) is 0 Å². The molecule has 2 atom stereocenters. The molecule has 1 fully saturated rings. The lowest BCUT2D eigenvalue weighted by Gasteiger charge is -2.29. The summed E-state index contributed by atoms with van der Waals surface area (Å²) >= 11 is 0. The van der Waals surface area contributed by atoms with Crippen LogP contribution in [0.3, 0.4) is 0 Å². The van der Waals surface area contributed by atoms with Crippen molar-refractivity contribution in [3.63, 3.8) is 0 Å². The Labute approximate surface area is 149 Å². The van der Waals surface area contributed by atoms with E-state index in [0.29, 0.717) is 24.7 Å². The summed E-state index contributed by atoms with van der Waals surface area (Å²) in [4.78, 5) is 20.2. The van der Waals surface area contributed by atoms with Gasteiger partial charge < -0.3 is 20.4 Å². The zero-order valence-electron chi connectivity index (χ0n) is 14.3. The fourth-order valence-corrected chi connectivity index (χ4v) is 3.08. The van der Waals surface area contributed by atoms with Crippen LogP contribution in [-0.2, 0) is 9.53 Å². The molecule has 2 aromatic carbocycles. The molecule has 134 valence electrons. The molecule has 1 aromatic heterocycles. The number of halogens is 1. The van der Waals surface area contributed by atoms with Crippen LogP contribution >= 0.6 is 0 Å². The molecule has 1 aliphatic heterocycles. The Morgan fingerprint density at radius 1 is 1.27 bits per heavy atom. The molecule has 3 aromatic rings. The highest BCUT2D eigenvalue weighted by atomic mass is 19.1. The predicted octanol–water partition coefficient (Wildman–Crippen LogP) is 2.68. The van der Waals surface area contributed by atoms with Crippen molar-refractivity contribution in [3.8, 4) is 11.4 Å². The summed E-state index contributed by atoms with van der Waals surface area (Å²) in [7, 11) is 0. The van der Waals surface area contributed by atoms with Crippen molar-refractivity contribution in [2.45, 2.75) is 19.1 Å². The molecule has 0 aliphatic carbocycles. The van der Waals surface area contributed by atoms with Crippen molar-refractivity contribution < 1.29 is 13.9 Å². The normalized spacial score (nSPS) is 20.2. The third kappa shape index (κ3) is 3.31. The van der Waals surface area contributed by atoms with E-state index in [0.717, 1.165) is 16.6 Å². The van der Waals surface area contributed by atoms with E-state index in [1.165, 1.54) is 12.1 Å². The molecule has 0 spiro atoms. The molecule has 0 saturated carbocycles. The maximum absolute atomic E-state index is 13.1. The molecule has 4 rings (SSSR count). The van der Waals surface area contributed by atoms with Gasteiger partial charge in [-0.25, -0.2) is 9.37 Å². The van der Waals surface area contributed by atoms with Crippen LogP contribution in [0.25, 0.3) is 22.4 Å². The van der Waals surface area contributed by atoms with Gasteiger partial charge in [0.15, 0.2) is 0 Å². The van der Waals surface area contributed by atoms with E-state index in [-0.39, 0.29) is 23.9 Å². The second-order valence-electron chi connectivity index (χ2n) is 6.32. The van der Waals surface area contributed by atoms with Crippen molar-refractivity contribution in [1.29, 1.82) is 0 Å². The first kappa shape index (κ1) is 16.7. The Balaban J connectivity index is 1.55. The van der Waals surface area contributed by atoms with Crippen LogP contribution in [0.4, 0.5) is 10.1 Å². The number of benzene rings is 2. The molecule has 7 heteroatoms. The standard InChI is InChI=1S/C19H19FN4O2/c1-11-17(21-8-9-26-11)19(25)22-14-6-7-15-16(10-14)24-18(23-15)12-2-4-13(20)5-3-12/h2-7,10-11,17,21H,8-9H2,1H3,(H,22,25)(H,23,24)/t11-,17+/m1/s1. The summed E-state index contributed by atoms with van der Waals surface area (Å²) in [6.45, 7) is 3.14. The minimum absolute atomic E-state index is 0.130. The first-order valence-electron chi connectivity index (χ1n) is 8.52. The second-order valence-corrected chi connectivity index (χ2v) is 6.32. The van der Waals surface area contributed by atoms with Gasteiger partial charge in [-0.1, -0.05) is 0 Å². The van der Waals surface area contributed by atoms with Crippen molar-refractivity contribution >= 4 is 22.6 Å². The first-order valence-corrected chi connectivity index (χ1v) is 8.52. The number of carbonyl (C=O) groups is 1. The minimum Gasteiger partial charge on any atom is -0.375 e. The van der Waals surface area contributed by atoms with Crippen LogP contribution in [0.15, 0.2) is 42.5 Å². The number of aromatic amines is 1. The first-order chi connectivity index (χ1) is 12.6. The van der Waals surface area contributed by atoms with Crippen LogP contribution in [0.1, 0.15) is 6.92 Å². The zero-order valence-corrected chi connectivity index (χ0v) is 14.3. The topological polar surface area (TPSA) is 79.0 Å².